The lowest BCUT2D eigenvalue weighted by atomic mass is 9.96. The third kappa shape index (κ3) is 4.18. The molecule has 0 aromatic rings. The Morgan fingerprint density at radius 1 is 1.34 bits per heavy atom. The maximum Gasteiger partial charge on any atom is 0.410 e. The van der Waals surface area contributed by atoms with Gasteiger partial charge in [0.2, 0.25) is 17.7 Å². The molecule has 0 unspecified atom stereocenters. The van der Waals surface area contributed by atoms with Crippen molar-refractivity contribution in [2.75, 3.05) is 13.1 Å². The van der Waals surface area contributed by atoms with E-state index in [0.29, 0.717) is 19.5 Å². The lowest BCUT2D eigenvalue weighted by Gasteiger charge is -2.32. The van der Waals surface area contributed by atoms with Crippen molar-refractivity contribution in [2.45, 2.75) is 65.1 Å². The van der Waals surface area contributed by atoms with Crippen molar-refractivity contribution >= 4 is 23.8 Å². The van der Waals surface area contributed by atoms with Gasteiger partial charge in [0.15, 0.2) is 0 Å². The summed E-state index contributed by atoms with van der Waals surface area (Å²) < 4.78 is 5.48. The fourth-order valence-electron chi connectivity index (χ4n) is 4.75. The van der Waals surface area contributed by atoms with E-state index in [9.17, 15) is 19.2 Å². The molecule has 29 heavy (non-hydrogen) atoms. The Morgan fingerprint density at radius 3 is 2.52 bits per heavy atom. The Balaban J connectivity index is 1.73. The van der Waals surface area contributed by atoms with Gasteiger partial charge in [0.25, 0.3) is 0 Å². The van der Waals surface area contributed by atoms with Crippen LogP contribution < -0.4 is 16.4 Å². The van der Waals surface area contributed by atoms with Gasteiger partial charge in [-0.25, -0.2) is 4.79 Å². The van der Waals surface area contributed by atoms with E-state index in [1.54, 1.807) is 20.8 Å². The van der Waals surface area contributed by atoms with Crippen molar-refractivity contribution in [3.8, 4) is 0 Å². The third-order valence-electron chi connectivity index (χ3n) is 6.45. The summed E-state index contributed by atoms with van der Waals surface area (Å²) in [5.41, 5.74) is 4.76. The Kier molecular flexibility index (Phi) is 5.29. The van der Waals surface area contributed by atoms with Gasteiger partial charge >= 0.3 is 6.09 Å². The number of fused-ring (bicyclic) bond motifs is 1. The minimum absolute atomic E-state index is 0.00155. The van der Waals surface area contributed by atoms with E-state index in [2.05, 4.69) is 24.5 Å². The number of hydrogen-bond donors (Lipinski definition) is 3. The highest BCUT2D eigenvalue weighted by atomic mass is 16.6. The van der Waals surface area contributed by atoms with Crippen LogP contribution >= 0.6 is 0 Å². The number of rotatable bonds is 5. The molecule has 9 heteroatoms. The van der Waals surface area contributed by atoms with Crippen molar-refractivity contribution in [2.24, 2.45) is 28.9 Å². The number of nitrogens with zero attached hydrogens (tertiary/aromatic N) is 1. The van der Waals surface area contributed by atoms with Crippen molar-refractivity contribution < 1.29 is 23.9 Å². The molecule has 0 aromatic carbocycles. The first-order chi connectivity index (χ1) is 13.3. The first kappa shape index (κ1) is 21.4. The summed E-state index contributed by atoms with van der Waals surface area (Å²) in [4.78, 5) is 51.1. The van der Waals surface area contributed by atoms with E-state index in [4.69, 9.17) is 10.5 Å². The highest BCUT2D eigenvalue weighted by molar-refractivity contribution is 5.92. The monoisotopic (exact) mass is 408 g/mol. The molecule has 1 saturated carbocycles. The minimum atomic E-state index is -0.960. The van der Waals surface area contributed by atoms with Gasteiger partial charge in [-0.15, -0.1) is 0 Å². The highest BCUT2D eigenvalue weighted by Gasteiger charge is 2.69. The van der Waals surface area contributed by atoms with Crippen LogP contribution in [0.3, 0.4) is 0 Å². The number of carbonyl (C=O) groups is 4. The molecule has 4 N–H and O–H groups in total. The van der Waals surface area contributed by atoms with Crippen LogP contribution in [0.5, 0.6) is 0 Å². The second-order valence-electron chi connectivity index (χ2n) is 10.0. The highest BCUT2D eigenvalue weighted by Crippen LogP contribution is 2.65. The number of carbonyl (C=O) groups excluding carboxylic acids is 4. The minimum Gasteiger partial charge on any atom is -0.444 e. The predicted octanol–water partition coefficient (Wildman–Crippen LogP) is 0.374. The van der Waals surface area contributed by atoms with Crippen LogP contribution in [0, 0.1) is 23.2 Å². The first-order valence-electron chi connectivity index (χ1n) is 10.2. The molecule has 3 fully saturated rings. The van der Waals surface area contributed by atoms with Gasteiger partial charge in [0, 0.05) is 19.0 Å². The summed E-state index contributed by atoms with van der Waals surface area (Å²) in [6.07, 6.45) is 0.221. The smallest absolute Gasteiger partial charge is 0.410 e. The van der Waals surface area contributed by atoms with Crippen molar-refractivity contribution in [3.05, 3.63) is 0 Å². The predicted molar refractivity (Wildman–Crippen MR) is 104 cm³/mol. The SMILES string of the molecule is CC(C)(C)OC(=O)N1C[C@H]2[C@@H]([C@H]1C(=O)N[C@@H](C[C@@H]1CCNC1=O)C(N)=O)C2(C)C. The summed E-state index contributed by atoms with van der Waals surface area (Å²) in [7, 11) is 0. The number of hydrogen-bond acceptors (Lipinski definition) is 5. The largest absolute Gasteiger partial charge is 0.444 e. The average molecular weight is 408 g/mol. The number of amides is 4. The third-order valence-corrected chi connectivity index (χ3v) is 6.45. The Labute approximate surface area is 171 Å². The summed E-state index contributed by atoms with van der Waals surface area (Å²) in [5, 5.41) is 5.42. The molecule has 2 saturated heterocycles. The van der Waals surface area contributed by atoms with Crippen LogP contribution in [-0.4, -0.2) is 59.5 Å². The molecule has 0 aromatic heterocycles. The first-order valence-corrected chi connectivity index (χ1v) is 10.2. The molecule has 2 aliphatic heterocycles. The molecular formula is C20H32N4O5. The lowest BCUT2D eigenvalue weighted by Crippen LogP contribution is -2.55. The molecule has 4 amide bonds. The zero-order valence-corrected chi connectivity index (χ0v) is 17.8. The zero-order valence-electron chi connectivity index (χ0n) is 17.8. The number of ether oxygens (including phenoxy) is 1. The van der Waals surface area contributed by atoms with E-state index in [1.165, 1.54) is 4.90 Å². The summed E-state index contributed by atoms with van der Waals surface area (Å²) in [5.74, 6) is -1.40. The molecule has 9 nitrogen and oxygen atoms in total. The zero-order chi connectivity index (χ0) is 21.7. The number of piperidine rings is 1. The average Bonchev–Trinajstić information content (AvgIpc) is 2.97. The molecule has 0 radical (unpaired) electrons. The van der Waals surface area contributed by atoms with Gasteiger partial charge in [-0.1, -0.05) is 13.8 Å². The second kappa shape index (κ2) is 7.18. The Morgan fingerprint density at radius 2 is 2.00 bits per heavy atom. The summed E-state index contributed by atoms with van der Waals surface area (Å²) >= 11 is 0. The van der Waals surface area contributed by atoms with Gasteiger partial charge in [-0.2, -0.15) is 0 Å². The molecular weight excluding hydrogens is 376 g/mol. The number of primary amides is 1. The molecule has 0 bridgehead atoms. The Hall–Kier alpha value is -2.32. The molecule has 3 rings (SSSR count). The Bertz CT molecular complexity index is 729. The van der Waals surface area contributed by atoms with Crippen LogP contribution in [0.15, 0.2) is 0 Å². The normalized spacial score (nSPS) is 30.9. The molecule has 1 aliphatic carbocycles. The second-order valence-corrected chi connectivity index (χ2v) is 10.0. The van der Waals surface area contributed by atoms with E-state index >= 15 is 0 Å². The van der Waals surface area contributed by atoms with Crippen molar-refractivity contribution in [3.63, 3.8) is 0 Å². The van der Waals surface area contributed by atoms with Gasteiger partial charge in [0.05, 0.1) is 0 Å². The van der Waals surface area contributed by atoms with E-state index in [-0.39, 0.29) is 35.5 Å². The standard InChI is InChI=1S/C20H32N4O5/c1-19(2,3)29-18(28)24-9-11-13(20(11,4)5)14(24)17(27)23-12(15(21)25)8-10-6-7-22-16(10)26/h10-14H,6-9H2,1-5H3,(H2,21,25)(H,22,26)(H,23,27)/t10-,11-,12-,13-,14-/m0/s1. The molecule has 0 spiro atoms. The molecule has 5 atom stereocenters. The van der Waals surface area contributed by atoms with E-state index in [1.807, 2.05) is 0 Å². The molecule has 162 valence electrons. The van der Waals surface area contributed by atoms with Gasteiger partial charge in [-0.05, 0) is 50.9 Å². The van der Waals surface area contributed by atoms with Gasteiger partial charge in [0.1, 0.15) is 17.7 Å². The lowest BCUT2D eigenvalue weighted by molar-refractivity contribution is -0.132. The van der Waals surface area contributed by atoms with Gasteiger partial charge < -0.3 is 21.1 Å². The summed E-state index contributed by atoms with van der Waals surface area (Å²) in [6, 6.07) is -1.68. The van der Waals surface area contributed by atoms with Crippen LogP contribution in [0.4, 0.5) is 4.79 Å². The quantitative estimate of drug-likeness (QED) is 0.605. The number of likely N-dealkylation sites (tertiary alicyclic amines) is 1. The van der Waals surface area contributed by atoms with Crippen LogP contribution in [0.25, 0.3) is 0 Å². The fourth-order valence-corrected chi connectivity index (χ4v) is 4.75. The van der Waals surface area contributed by atoms with Crippen molar-refractivity contribution in [1.29, 1.82) is 0 Å². The van der Waals surface area contributed by atoms with Crippen LogP contribution in [0.2, 0.25) is 0 Å². The topological polar surface area (TPSA) is 131 Å². The maximum absolute atomic E-state index is 13.2. The molecule has 2 heterocycles. The maximum atomic E-state index is 13.2. The fraction of sp³-hybridized carbons (Fsp3) is 0.800. The van der Waals surface area contributed by atoms with Gasteiger partial charge in [-0.3, -0.25) is 19.3 Å². The van der Waals surface area contributed by atoms with Crippen molar-refractivity contribution in [1.82, 2.24) is 15.5 Å². The number of nitrogens with one attached hydrogen (secondary N) is 2. The number of nitrogens with two attached hydrogens (primary N) is 1. The summed E-state index contributed by atoms with van der Waals surface area (Å²) in [6.45, 7) is 10.5. The molecule has 3 aliphatic rings. The van der Waals surface area contributed by atoms with Crippen LogP contribution in [0.1, 0.15) is 47.5 Å². The van der Waals surface area contributed by atoms with E-state index < -0.39 is 35.6 Å². The van der Waals surface area contributed by atoms with Crippen LogP contribution in [-0.2, 0) is 19.1 Å². The van der Waals surface area contributed by atoms with E-state index in [0.717, 1.165) is 0 Å².